The topological polar surface area (TPSA) is 61.4 Å². The number of aliphatic hydroxyl groups is 1. The standard InChI is InChI=1S/C15H22N2O2/c1-2-15(9-3-10-16-15)14(19)17-13-6-4-12(5-7-13)8-11-18/h4-7,16,18H,2-3,8-11H2,1H3,(H,17,19). The Kier molecular flexibility index (Phi) is 4.56. The molecule has 19 heavy (non-hydrogen) atoms. The van der Waals surface area contributed by atoms with Gasteiger partial charge < -0.3 is 15.7 Å². The Morgan fingerprint density at radius 3 is 2.68 bits per heavy atom. The summed E-state index contributed by atoms with van der Waals surface area (Å²) in [5.74, 6) is 0.0578. The van der Waals surface area contributed by atoms with Crippen molar-refractivity contribution < 1.29 is 9.90 Å². The third kappa shape index (κ3) is 3.14. The fraction of sp³-hybridized carbons (Fsp3) is 0.533. The molecule has 1 heterocycles. The van der Waals surface area contributed by atoms with Crippen molar-refractivity contribution in [1.29, 1.82) is 0 Å². The lowest BCUT2D eigenvalue weighted by atomic mass is 9.93. The van der Waals surface area contributed by atoms with Crippen molar-refractivity contribution in [2.45, 2.75) is 38.1 Å². The molecule has 0 aromatic heterocycles. The third-order valence-corrected chi connectivity index (χ3v) is 3.89. The predicted octanol–water partition coefficient (Wildman–Crippen LogP) is 1.69. The van der Waals surface area contributed by atoms with E-state index in [4.69, 9.17) is 5.11 Å². The van der Waals surface area contributed by atoms with Gasteiger partial charge in [0, 0.05) is 12.3 Å². The maximum absolute atomic E-state index is 12.4. The van der Waals surface area contributed by atoms with Crippen LogP contribution in [0.1, 0.15) is 31.7 Å². The molecular weight excluding hydrogens is 240 g/mol. The van der Waals surface area contributed by atoms with Crippen LogP contribution in [0.2, 0.25) is 0 Å². The number of rotatable bonds is 5. The van der Waals surface area contributed by atoms with E-state index >= 15 is 0 Å². The van der Waals surface area contributed by atoms with Crippen molar-refractivity contribution in [2.24, 2.45) is 0 Å². The normalized spacial score (nSPS) is 22.4. The number of aliphatic hydroxyl groups excluding tert-OH is 1. The van der Waals surface area contributed by atoms with Gasteiger partial charge in [0.1, 0.15) is 0 Å². The van der Waals surface area contributed by atoms with Crippen LogP contribution in [0, 0.1) is 0 Å². The van der Waals surface area contributed by atoms with Crippen LogP contribution in [0.3, 0.4) is 0 Å². The molecule has 2 rings (SSSR count). The van der Waals surface area contributed by atoms with Crippen molar-refractivity contribution in [1.82, 2.24) is 5.32 Å². The number of benzene rings is 1. The molecule has 1 amide bonds. The van der Waals surface area contributed by atoms with Crippen LogP contribution in [0.5, 0.6) is 0 Å². The highest BCUT2D eigenvalue weighted by molar-refractivity contribution is 5.98. The SMILES string of the molecule is CCC1(C(=O)Nc2ccc(CCO)cc2)CCCN1. The van der Waals surface area contributed by atoms with Crippen LogP contribution in [0.15, 0.2) is 24.3 Å². The van der Waals surface area contributed by atoms with Gasteiger partial charge in [0.05, 0.1) is 5.54 Å². The highest BCUT2D eigenvalue weighted by Crippen LogP contribution is 2.25. The average molecular weight is 262 g/mol. The molecule has 3 N–H and O–H groups in total. The fourth-order valence-electron chi connectivity index (χ4n) is 2.60. The summed E-state index contributed by atoms with van der Waals surface area (Å²) in [6.07, 6.45) is 3.41. The maximum Gasteiger partial charge on any atom is 0.244 e. The van der Waals surface area contributed by atoms with Crippen molar-refractivity contribution >= 4 is 11.6 Å². The number of carbonyl (C=O) groups is 1. The Morgan fingerprint density at radius 2 is 2.16 bits per heavy atom. The fourth-order valence-corrected chi connectivity index (χ4v) is 2.60. The molecule has 0 spiro atoms. The lowest BCUT2D eigenvalue weighted by Gasteiger charge is -2.26. The minimum absolute atomic E-state index is 0.0578. The van der Waals surface area contributed by atoms with Crippen LogP contribution in [0.4, 0.5) is 5.69 Å². The number of anilines is 1. The molecule has 1 aliphatic rings. The van der Waals surface area contributed by atoms with Crippen LogP contribution in [-0.2, 0) is 11.2 Å². The molecule has 0 bridgehead atoms. The molecule has 1 aromatic carbocycles. The van der Waals surface area contributed by atoms with E-state index in [2.05, 4.69) is 10.6 Å². The monoisotopic (exact) mass is 262 g/mol. The highest BCUT2D eigenvalue weighted by atomic mass is 16.3. The second kappa shape index (κ2) is 6.17. The molecule has 4 heteroatoms. The summed E-state index contributed by atoms with van der Waals surface area (Å²) in [7, 11) is 0. The van der Waals surface area contributed by atoms with Crippen molar-refractivity contribution in [3.63, 3.8) is 0 Å². The highest BCUT2D eigenvalue weighted by Gasteiger charge is 2.38. The summed E-state index contributed by atoms with van der Waals surface area (Å²) in [6, 6.07) is 7.65. The summed E-state index contributed by atoms with van der Waals surface area (Å²) in [5, 5.41) is 15.2. The first kappa shape index (κ1) is 14.0. The number of carbonyl (C=O) groups excluding carboxylic acids is 1. The van der Waals surface area contributed by atoms with Crippen molar-refractivity contribution in [3.8, 4) is 0 Å². The van der Waals surface area contributed by atoms with E-state index in [-0.39, 0.29) is 12.5 Å². The molecule has 1 aliphatic heterocycles. The van der Waals surface area contributed by atoms with E-state index in [0.29, 0.717) is 6.42 Å². The molecule has 0 saturated carbocycles. The van der Waals surface area contributed by atoms with Gasteiger partial charge >= 0.3 is 0 Å². The Morgan fingerprint density at radius 1 is 1.42 bits per heavy atom. The van der Waals surface area contributed by atoms with Crippen LogP contribution >= 0.6 is 0 Å². The lowest BCUT2D eigenvalue weighted by molar-refractivity contribution is -0.122. The van der Waals surface area contributed by atoms with Crippen LogP contribution in [0.25, 0.3) is 0 Å². The zero-order valence-electron chi connectivity index (χ0n) is 11.4. The maximum atomic E-state index is 12.4. The van der Waals surface area contributed by atoms with Gasteiger partial charge in [-0.05, 0) is 49.9 Å². The first-order chi connectivity index (χ1) is 9.20. The van der Waals surface area contributed by atoms with E-state index in [0.717, 1.165) is 37.1 Å². The summed E-state index contributed by atoms with van der Waals surface area (Å²) < 4.78 is 0. The molecule has 1 aromatic rings. The van der Waals surface area contributed by atoms with Gasteiger partial charge in [-0.25, -0.2) is 0 Å². The number of hydrogen-bond donors (Lipinski definition) is 3. The van der Waals surface area contributed by atoms with Crippen LogP contribution in [-0.4, -0.2) is 29.7 Å². The summed E-state index contributed by atoms with van der Waals surface area (Å²) in [6.45, 7) is 3.10. The smallest absolute Gasteiger partial charge is 0.244 e. The van der Waals surface area contributed by atoms with Gasteiger partial charge in [-0.3, -0.25) is 4.79 Å². The minimum atomic E-state index is -0.399. The van der Waals surface area contributed by atoms with Gasteiger partial charge in [0.15, 0.2) is 0 Å². The summed E-state index contributed by atoms with van der Waals surface area (Å²) in [4.78, 5) is 12.4. The first-order valence-electron chi connectivity index (χ1n) is 6.96. The Labute approximate surface area is 114 Å². The second-order valence-corrected chi connectivity index (χ2v) is 5.09. The Bertz CT molecular complexity index is 422. The lowest BCUT2D eigenvalue weighted by Crippen LogP contribution is -2.50. The molecular formula is C15H22N2O2. The zero-order chi connectivity index (χ0) is 13.7. The second-order valence-electron chi connectivity index (χ2n) is 5.09. The van der Waals surface area contributed by atoms with Gasteiger partial charge in [0.2, 0.25) is 5.91 Å². The Balaban J connectivity index is 2.02. The molecule has 1 saturated heterocycles. The van der Waals surface area contributed by atoms with Gasteiger partial charge in [-0.15, -0.1) is 0 Å². The summed E-state index contributed by atoms with van der Waals surface area (Å²) in [5.41, 5.74) is 1.49. The zero-order valence-corrected chi connectivity index (χ0v) is 11.4. The van der Waals surface area contributed by atoms with Gasteiger partial charge in [-0.2, -0.15) is 0 Å². The predicted molar refractivity (Wildman–Crippen MR) is 76.1 cm³/mol. The van der Waals surface area contributed by atoms with Gasteiger partial charge in [0.25, 0.3) is 0 Å². The molecule has 4 nitrogen and oxygen atoms in total. The van der Waals surface area contributed by atoms with Gasteiger partial charge in [-0.1, -0.05) is 19.1 Å². The van der Waals surface area contributed by atoms with Crippen molar-refractivity contribution in [2.75, 3.05) is 18.5 Å². The minimum Gasteiger partial charge on any atom is -0.396 e. The third-order valence-electron chi connectivity index (χ3n) is 3.89. The van der Waals surface area contributed by atoms with Crippen LogP contribution < -0.4 is 10.6 Å². The molecule has 104 valence electrons. The molecule has 1 fully saturated rings. The van der Waals surface area contributed by atoms with E-state index in [1.54, 1.807) is 0 Å². The van der Waals surface area contributed by atoms with E-state index in [1.165, 1.54) is 0 Å². The Hall–Kier alpha value is -1.39. The molecule has 0 radical (unpaired) electrons. The largest absolute Gasteiger partial charge is 0.396 e. The number of amides is 1. The first-order valence-corrected chi connectivity index (χ1v) is 6.96. The van der Waals surface area contributed by atoms with E-state index < -0.39 is 5.54 Å². The average Bonchev–Trinajstić information content (AvgIpc) is 2.91. The summed E-state index contributed by atoms with van der Waals surface area (Å²) >= 11 is 0. The molecule has 1 unspecified atom stereocenters. The molecule has 1 atom stereocenters. The van der Waals surface area contributed by atoms with E-state index in [1.807, 2.05) is 31.2 Å². The number of nitrogens with one attached hydrogen (secondary N) is 2. The van der Waals surface area contributed by atoms with E-state index in [9.17, 15) is 4.79 Å². The molecule has 0 aliphatic carbocycles. The number of hydrogen-bond acceptors (Lipinski definition) is 3. The quantitative estimate of drug-likeness (QED) is 0.757. The van der Waals surface area contributed by atoms with Crippen molar-refractivity contribution in [3.05, 3.63) is 29.8 Å².